The molecule has 0 bridgehead atoms. The SMILES string of the molecule is O=C(NCc1ccccc1)c1ccc[n+]([C@@H]2O[C@H](CO)[C@@H](O)[C@H]2O)c1. The Hall–Kier alpha value is -2.32. The Balaban J connectivity index is 1.70. The molecule has 1 aliphatic rings. The van der Waals surface area contributed by atoms with Crippen molar-refractivity contribution in [3.05, 3.63) is 66.0 Å². The molecule has 0 unspecified atom stereocenters. The fourth-order valence-corrected chi connectivity index (χ4v) is 2.79. The van der Waals surface area contributed by atoms with Gasteiger partial charge in [-0.05, 0) is 11.6 Å². The van der Waals surface area contributed by atoms with Gasteiger partial charge in [-0.2, -0.15) is 4.57 Å². The van der Waals surface area contributed by atoms with E-state index in [9.17, 15) is 20.1 Å². The highest BCUT2D eigenvalue weighted by atomic mass is 16.6. The Morgan fingerprint density at radius 1 is 1.12 bits per heavy atom. The maximum atomic E-state index is 12.3. The zero-order valence-corrected chi connectivity index (χ0v) is 13.5. The minimum absolute atomic E-state index is 0.259. The lowest BCUT2D eigenvalue weighted by molar-refractivity contribution is -0.765. The summed E-state index contributed by atoms with van der Waals surface area (Å²) in [7, 11) is 0. The molecule has 132 valence electrons. The third-order valence-electron chi connectivity index (χ3n) is 4.19. The lowest BCUT2D eigenvalue weighted by atomic mass is 10.1. The number of benzene rings is 1. The normalized spacial score (nSPS) is 25.7. The number of ether oxygens (including phenoxy) is 1. The number of hydrogen-bond acceptors (Lipinski definition) is 5. The van der Waals surface area contributed by atoms with Crippen molar-refractivity contribution in [2.24, 2.45) is 0 Å². The molecule has 1 aromatic carbocycles. The number of carbonyl (C=O) groups excluding carboxylic acids is 1. The standard InChI is InChI=1S/C18H20N2O5/c21-11-14-15(22)16(23)18(25-14)20-8-4-7-13(10-20)17(24)19-9-12-5-2-1-3-6-12/h1-8,10,14-16,18,21-23H,9,11H2/p+1/t14-,15-,16-,18-/m1/s1. The molecule has 7 nitrogen and oxygen atoms in total. The zero-order chi connectivity index (χ0) is 17.8. The van der Waals surface area contributed by atoms with Crippen LogP contribution in [-0.2, 0) is 11.3 Å². The monoisotopic (exact) mass is 345 g/mol. The third kappa shape index (κ3) is 3.85. The Kier molecular flexibility index (Phi) is 5.40. The van der Waals surface area contributed by atoms with Gasteiger partial charge in [0.15, 0.2) is 18.5 Å². The van der Waals surface area contributed by atoms with E-state index in [1.165, 1.54) is 4.57 Å². The molecule has 0 saturated carbocycles. The molecule has 0 aliphatic carbocycles. The lowest BCUT2D eigenvalue weighted by Gasteiger charge is -2.10. The fraction of sp³-hybridized carbons (Fsp3) is 0.333. The van der Waals surface area contributed by atoms with Gasteiger partial charge in [-0.25, -0.2) is 0 Å². The largest absolute Gasteiger partial charge is 0.394 e. The van der Waals surface area contributed by atoms with Crippen LogP contribution in [0, 0.1) is 0 Å². The predicted molar refractivity (Wildman–Crippen MR) is 87.3 cm³/mol. The average Bonchev–Trinajstić information content (AvgIpc) is 2.95. The summed E-state index contributed by atoms with van der Waals surface area (Å²) < 4.78 is 6.98. The number of aromatic nitrogens is 1. The molecule has 1 amide bonds. The minimum Gasteiger partial charge on any atom is -0.394 e. The number of aliphatic hydroxyl groups excluding tert-OH is 3. The van der Waals surface area contributed by atoms with Crippen LogP contribution in [-0.4, -0.2) is 46.1 Å². The van der Waals surface area contributed by atoms with Gasteiger partial charge in [-0.15, -0.1) is 0 Å². The summed E-state index contributed by atoms with van der Waals surface area (Å²) in [4.78, 5) is 12.3. The van der Waals surface area contributed by atoms with Crippen LogP contribution in [0.4, 0.5) is 0 Å². The van der Waals surface area contributed by atoms with Crippen molar-refractivity contribution in [2.45, 2.75) is 31.1 Å². The van der Waals surface area contributed by atoms with Crippen molar-refractivity contribution in [1.29, 1.82) is 0 Å². The Morgan fingerprint density at radius 2 is 1.88 bits per heavy atom. The van der Waals surface area contributed by atoms with Crippen molar-refractivity contribution in [3.8, 4) is 0 Å². The van der Waals surface area contributed by atoms with E-state index >= 15 is 0 Å². The number of rotatable bonds is 5. The summed E-state index contributed by atoms with van der Waals surface area (Å²) in [6.07, 6.45) is -0.922. The van der Waals surface area contributed by atoms with Crippen LogP contribution in [0.3, 0.4) is 0 Å². The molecule has 1 aromatic heterocycles. The Morgan fingerprint density at radius 3 is 2.56 bits per heavy atom. The maximum absolute atomic E-state index is 12.3. The van der Waals surface area contributed by atoms with E-state index in [2.05, 4.69) is 5.32 Å². The van der Waals surface area contributed by atoms with Crippen molar-refractivity contribution >= 4 is 5.91 Å². The summed E-state index contributed by atoms with van der Waals surface area (Å²) in [5.74, 6) is -0.259. The van der Waals surface area contributed by atoms with Crippen LogP contribution >= 0.6 is 0 Å². The van der Waals surface area contributed by atoms with Gasteiger partial charge in [0.25, 0.3) is 12.1 Å². The van der Waals surface area contributed by atoms with E-state index in [1.54, 1.807) is 24.5 Å². The van der Waals surface area contributed by atoms with Crippen LogP contribution in [0.15, 0.2) is 54.9 Å². The first kappa shape index (κ1) is 17.5. The van der Waals surface area contributed by atoms with Gasteiger partial charge in [0.2, 0.25) is 0 Å². The second-order valence-electron chi connectivity index (χ2n) is 5.94. The molecule has 2 aromatic rings. The van der Waals surface area contributed by atoms with E-state index < -0.39 is 31.1 Å². The molecule has 4 N–H and O–H groups in total. The molecule has 4 atom stereocenters. The highest BCUT2D eigenvalue weighted by Gasteiger charge is 2.47. The summed E-state index contributed by atoms with van der Waals surface area (Å²) in [5.41, 5.74) is 1.39. The number of nitrogens with zero attached hydrogens (tertiary/aromatic N) is 1. The maximum Gasteiger partial charge on any atom is 0.292 e. The summed E-state index contributed by atoms with van der Waals surface area (Å²) in [5, 5.41) is 31.9. The van der Waals surface area contributed by atoms with Gasteiger partial charge in [0, 0.05) is 12.6 Å². The number of aliphatic hydroxyl groups is 3. The third-order valence-corrected chi connectivity index (χ3v) is 4.19. The number of carbonyl (C=O) groups is 1. The molecular weight excluding hydrogens is 324 g/mol. The number of amides is 1. The van der Waals surface area contributed by atoms with Crippen LogP contribution in [0.25, 0.3) is 0 Å². The average molecular weight is 345 g/mol. The van der Waals surface area contributed by atoms with Crippen molar-refractivity contribution in [2.75, 3.05) is 6.61 Å². The summed E-state index contributed by atoms with van der Waals surface area (Å²) >= 11 is 0. The topological polar surface area (TPSA) is 103 Å². The molecule has 1 saturated heterocycles. The fourth-order valence-electron chi connectivity index (χ4n) is 2.79. The van der Waals surface area contributed by atoms with Crippen molar-refractivity contribution in [3.63, 3.8) is 0 Å². The van der Waals surface area contributed by atoms with Gasteiger partial charge >= 0.3 is 0 Å². The molecule has 1 aliphatic heterocycles. The lowest BCUT2D eigenvalue weighted by Crippen LogP contribution is -2.46. The second kappa shape index (κ2) is 7.71. The van der Waals surface area contributed by atoms with Crippen LogP contribution in [0.2, 0.25) is 0 Å². The Bertz CT molecular complexity index is 724. The Labute approximate surface area is 145 Å². The van der Waals surface area contributed by atoms with Gasteiger partial charge in [0.1, 0.15) is 17.8 Å². The summed E-state index contributed by atoms with van der Waals surface area (Å²) in [6, 6.07) is 12.9. The minimum atomic E-state index is -1.19. The smallest absolute Gasteiger partial charge is 0.292 e. The molecule has 0 radical (unpaired) electrons. The van der Waals surface area contributed by atoms with E-state index in [-0.39, 0.29) is 5.91 Å². The highest BCUT2D eigenvalue weighted by Crippen LogP contribution is 2.25. The molecule has 2 heterocycles. The van der Waals surface area contributed by atoms with Gasteiger partial charge in [-0.1, -0.05) is 30.3 Å². The highest BCUT2D eigenvalue weighted by molar-refractivity contribution is 5.93. The predicted octanol–water partition coefficient (Wildman–Crippen LogP) is -0.484. The quantitative estimate of drug-likeness (QED) is 0.548. The molecule has 1 fully saturated rings. The van der Waals surface area contributed by atoms with E-state index in [0.29, 0.717) is 12.1 Å². The van der Waals surface area contributed by atoms with Crippen LogP contribution in [0.1, 0.15) is 22.1 Å². The van der Waals surface area contributed by atoms with E-state index in [1.807, 2.05) is 30.3 Å². The number of pyridine rings is 1. The van der Waals surface area contributed by atoms with E-state index in [0.717, 1.165) is 5.56 Å². The molecular formula is C18H21N2O5+. The van der Waals surface area contributed by atoms with Gasteiger partial charge in [-0.3, -0.25) is 4.79 Å². The molecule has 0 spiro atoms. The molecule has 3 rings (SSSR count). The number of hydrogen-bond donors (Lipinski definition) is 4. The zero-order valence-electron chi connectivity index (χ0n) is 13.5. The van der Waals surface area contributed by atoms with Gasteiger partial charge in [0.05, 0.1) is 6.61 Å². The molecule has 7 heteroatoms. The first-order valence-corrected chi connectivity index (χ1v) is 8.05. The van der Waals surface area contributed by atoms with Crippen LogP contribution < -0.4 is 9.88 Å². The van der Waals surface area contributed by atoms with E-state index in [4.69, 9.17) is 4.74 Å². The molecule has 25 heavy (non-hydrogen) atoms. The van der Waals surface area contributed by atoms with Gasteiger partial charge < -0.3 is 25.4 Å². The second-order valence-corrected chi connectivity index (χ2v) is 5.94. The first-order valence-electron chi connectivity index (χ1n) is 8.05. The number of nitrogens with one attached hydrogen (secondary N) is 1. The first-order chi connectivity index (χ1) is 12.1. The summed E-state index contributed by atoms with van der Waals surface area (Å²) in [6.45, 7) is 0.00889. The van der Waals surface area contributed by atoms with Crippen molar-refractivity contribution < 1.29 is 29.4 Å². The van der Waals surface area contributed by atoms with Crippen molar-refractivity contribution in [1.82, 2.24) is 5.32 Å². The van der Waals surface area contributed by atoms with Crippen LogP contribution in [0.5, 0.6) is 0 Å².